The molecule has 0 bridgehead atoms. The van der Waals surface area contributed by atoms with Gasteiger partial charge in [0, 0.05) is 18.0 Å². The van der Waals surface area contributed by atoms with E-state index in [0.29, 0.717) is 6.04 Å². The molecule has 1 atom stereocenters. The molecule has 17 heavy (non-hydrogen) atoms. The first-order valence-electron chi connectivity index (χ1n) is 6.25. The molecule has 90 valence electrons. The summed E-state index contributed by atoms with van der Waals surface area (Å²) in [6, 6.07) is 9.01. The van der Waals surface area contributed by atoms with Crippen molar-refractivity contribution in [1.29, 1.82) is 0 Å². The van der Waals surface area contributed by atoms with Crippen LogP contribution in [0.25, 0.3) is 10.9 Å². The van der Waals surface area contributed by atoms with Crippen molar-refractivity contribution >= 4 is 27.4 Å². The number of fused-ring (bicyclic) bond motifs is 1. The number of hydrogen-bond acceptors (Lipinski definition) is 4. The lowest BCUT2D eigenvalue weighted by Crippen LogP contribution is -2.23. The van der Waals surface area contributed by atoms with E-state index in [0.717, 1.165) is 12.1 Å². The van der Waals surface area contributed by atoms with Crippen molar-refractivity contribution in [3.63, 3.8) is 0 Å². The van der Waals surface area contributed by atoms with Gasteiger partial charge in [-0.25, -0.2) is 0 Å². The van der Waals surface area contributed by atoms with Gasteiger partial charge in [-0.1, -0.05) is 12.1 Å². The molecule has 0 unspecified atom stereocenters. The highest BCUT2D eigenvalue weighted by atomic mass is 32.1. The lowest BCUT2D eigenvalue weighted by Gasteiger charge is -2.10. The van der Waals surface area contributed by atoms with Crippen molar-refractivity contribution in [2.24, 2.45) is 0 Å². The highest BCUT2D eigenvalue weighted by Gasteiger charge is 2.13. The first-order valence-corrected chi connectivity index (χ1v) is 7.02. The van der Waals surface area contributed by atoms with Gasteiger partial charge in [0.1, 0.15) is 5.00 Å². The van der Waals surface area contributed by atoms with Crippen molar-refractivity contribution in [3.05, 3.63) is 24.3 Å². The average Bonchev–Trinajstić information content (AvgIpc) is 2.99. The summed E-state index contributed by atoms with van der Waals surface area (Å²) in [5.74, 6) is 0. The van der Waals surface area contributed by atoms with E-state index in [1.165, 1.54) is 36.2 Å². The van der Waals surface area contributed by atoms with E-state index in [1.54, 1.807) is 11.5 Å². The molecule has 2 heterocycles. The van der Waals surface area contributed by atoms with Crippen LogP contribution in [-0.4, -0.2) is 23.5 Å². The molecule has 0 saturated carbocycles. The quantitative estimate of drug-likeness (QED) is 0.872. The predicted octanol–water partition coefficient (Wildman–Crippen LogP) is 2.85. The Bertz CT molecular complexity index is 488. The molecule has 1 fully saturated rings. The molecule has 1 aromatic carbocycles. The summed E-state index contributed by atoms with van der Waals surface area (Å²) in [7, 11) is 0. The Morgan fingerprint density at radius 2 is 2.35 bits per heavy atom. The summed E-state index contributed by atoms with van der Waals surface area (Å²) >= 11 is 1.56. The van der Waals surface area contributed by atoms with Crippen LogP contribution in [-0.2, 0) is 0 Å². The topological polar surface area (TPSA) is 37.0 Å². The maximum atomic E-state index is 4.43. The Morgan fingerprint density at radius 1 is 1.41 bits per heavy atom. The zero-order chi connectivity index (χ0) is 11.5. The lowest BCUT2D eigenvalue weighted by atomic mass is 10.1. The normalized spacial score (nSPS) is 19.9. The fourth-order valence-electron chi connectivity index (χ4n) is 2.38. The van der Waals surface area contributed by atoms with Crippen LogP contribution in [0.3, 0.4) is 0 Å². The summed E-state index contributed by atoms with van der Waals surface area (Å²) in [5.41, 5.74) is 1.10. The summed E-state index contributed by atoms with van der Waals surface area (Å²) in [6.45, 7) is 2.22. The minimum Gasteiger partial charge on any atom is -0.375 e. The monoisotopic (exact) mass is 247 g/mol. The first kappa shape index (κ1) is 11.0. The molecule has 2 N–H and O–H groups in total. The van der Waals surface area contributed by atoms with Crippen LogP contribution in [0.4, 0.5) is 5.00 Å². The molecule has 0 aliphatic carbocycles. The van der Waals surface area contributed by atoms with Crippen molar-refractivity contribution in [3.8, 4) is 0 Å². The Labute approximate surface area is 105 Å². The minimum absolute atomic E-state index is 0.710. The van der Waals surface area contributed by atoms with Crippen molar-refractivity contribution < 1.29 is 0 Å². The maximum absolute atomic E-state index is 4.43. The first-order chi connectivity index (χ1) is 8.43. The fourth-order valence-corrected chi connectivity index (χ4v) is 3.17. The number of anilines is 1. The van der Waals surface area contributed by atoms with Gasteiger partial charge in [-0.3, -0.25) is 0 Å². The molecule has 1 aliphatic rings. The van der Waals surface area contributed by atoms with Crippen LogP contribution < -0.4 is 10.6 Å². The molecular formula is C13H17N3S. The molecule has 0 radical (unpaired) electrons. The van der Waals surface area contributed by atoms with Crippen molar-refractivity contribution in [2.75, 3.05) is 18.4 Å². The van der Waals surface area contributed by atoms with Crippen LogP contribution in [0, 0.1) is 0 Å². The van der Waals surface area contributed by atoms with Crippen molar-refractivity contribution in [2.45, 2.75) is 25.3 Å². The zero-order valence-electron chi connectivity index (χ0n) is 9.78. The lowest BCUT2D eigenvalue weighted by molar-refractivity contribution is 0.575. The van der Waals surface area contributed by atoms with Crippen LogP contribution in [0.5, 0.6) is 0 Å². The molecule has 0 spiro atoms. The third-order valence-corrected chi connectivity index (χ3v) is 4.16. The minimum atomic E-state index is 0.710. The van der Waals surface area contributed by atoms with Gasteiger partial charge in [0.15, 0.2) is 0 Å². The molecule has 3 nitrogen and oxygen atoms in total. The van der Waals surface area contributed by atoms with Gasteiger partial charge in [-0.15, -0.1) is 0 Å². The Balaban J connectivity index is 1.60. The standard InChI is InChI=1S/C13H17N3S/c1-2-6-12-11(5-1)13(17-16-12)15-9-7-10-4-3-8-14-10/h1-2,5-6,10,14-15H,3-4,7-9H2/t10-/m0/s1. The molecule has 1 aliphatic heterocycles. The number of nitrogens with zero attached hydrogens (tertiary/aromatic N) is 1. The molecule has 2 aromatic rings. The number of rotatable bonds is 4. The van der Waals surface area contributed by atoms with Crippen LogP contribution in [0.2, 0.25) is 0 Å². The van der Waals surface area contributed by atoms with E-state index in [4.69, 9.17) is 0 Å². The number of hydrogen-bond donors (Lipinski definition) is 2. The second kappa shape index (κ2) is 5.02. The van der Waals surface area contributed by atoms with Gasteiger partial charge in [0.05, 0.1) is 5.52 Å². The smallest absolute Gasteiger partial charge is 0.117 e. The predicted molar refractivity (Wildman–Crippen MR) is 73.8 cm³/mol. The molecule has 3 rings (SSSR count). The van der Waals surface area contributed by atoms with Gasteiger partial charge in [-0.05, 0) is 49.5 Å². The van der Waals surface area contributed by atoms with Gasteiger partial charge >= 0.3 is 0 Å². The van der Waals surface area contributed by atoms with Crippen LogP contribution in [0.15, 0.2) is 24.3 Å². The van der Waals surface area contributed by atoms with Gasteiger partial charge in [-0.2, -0.15) is 4.37 Å². The Morgan fingerprint density at radius 3 is 3.24 bits per heavy atom. The zero-order valence-corrected chi connectivity index (χ0v) is 10.6. The van der Waals surface area contributed by atoms with E-state index in [9.17, 15) is 0 Å². The van der Waals surface area contributed by atoms with E-state index in [2.05, 4.69) is 33.2 Å². The summed E-state index contributed by atoms with van der Waals surface area (Å²) in [4.78, 5) is 0. The van der Waals surface area contributed by atoms with Crippen LogP contribution in [0.1, 0.15) is 19.3 Å². The number of aromatic nitrogens is 1. The average molecular weight is 247 g/mol. The Hall–Kier alpha value is -1.13. The highest BCUT2D eigenvalue weighted by molar-refractivity contribution is 7.11. The molecule has 0 amide bonds. The summed E-state index contributed by atoms with van der Waals surface area (Å²) < 4.78 is 4.43. The summed E-state index contributed by atoms with van der Waals surface area (Å²) in [5, 5.41) is 9.49. The van der Waals surface area contributed by atoms with E-state index in [-0.39, 0.29) is 0 Å². The number of nitrogens with one attached hydrogen (secondary N) is 2. The maximum Gasteiger partial charge on any atom is 0.117 e. The molecule has 4 heteroatoms. The van der Waals surface area contributed by atoms with E-state index in [1.807, 2.05) is 6.07 Å². The third-order valence-electron chi connectivity index (χ3n) is 3.32. The van der Waals surface area contributed by atoms with Gasteiger partial charge < -0.3 is 10.6 Å². The van der Waals surface area contributed by atoms with E-state index >= 15 is 0 Å². The second-order valence-corrected chi connectivity index (χ2v) is 5.31. The second-order valence-electron chi connectivity index (χ2n) is 4.54. The Kier molecular flexibility index (Phi) is 3.25. The SMILES string of the molecule is c1ccc2c(NCC[C@@H]3CCCN3)snc2c1. The van der Waals surface area contributed by atoms with Crippen LogP contribution >= 0.6 is 11.5 Å². The van der Waals surface area contributed by atoms with Gasteiger partial charge in [0.2, 0.25) is 0 Å². The summed E-state index contributed by atoms with van der Waals surface area (Å²) in [6.07, 6.45) is 3.85. The number of benzene rings is 1. The fraction of sp³-hybridized carbons (Fsp3) is 0.462. The molecule has 1 aromatic heterocycles. The largest absolute Gasteiger partial charge is 0.375 e. The molecular weight excluding hydrogens is 230 g/mol. The van der Waals surface area contributed by atoms with Crippen molar-refractivity contribution in [1.82, 2.24) is 9.69 Å². The molecule has 1 saturated heterocycles. The van der Waals surface area contributed by atoms with Gasteiger partial charge in [0.25, 0.3) is 0 Å². The highest BCUT2D eigenvalue weighted by Crippen LogP contribution is 2.27. The van der Waals surface area contributed by atoms with E-state index < -0.39 is 0 Å². The third kappa shape index (κ3) is 2.42.